The van der Waals surface area contributed by atoms with E-state index in [4.69, 9.17) is 35.5 Å². The minimum Gasteiger partial charge on any atom is -0.493 e. The molecule has 0 amide bonds. The molecule has 41 heavy (non-hydrogen) atoms. The molecule has 8 heteroatoms. The lowest BCUT2D eigenvalue weighted by Gasteiger charge is -2.43. The van der Waals surface area contributed by atoms with Crippen LogP contribution in [0.3, 0.4) is 0 Å². The van der Waals surface area contributed by atoms with Crippen LogP contribution in [-0.4, -0.2) is 39.6 Å². The molecule has 1 aliphatic rings. The number of hydrogen-bond acceptors (Lipinski definition) is 6. The van der Waals surface area contributed by atoms with Gasteiger partial charge in [-0.1, -0.05) is 42.3 Å². The van der Waals surface area contributed by atoms with Crippen LogP contribution in [0.4, 0.5) is 0 Å². The van der Waals surface area contributed by atoms with Crippen molar-refractivity contribution >= 4 is 22.9 Å². The lowest BCUT2D eigenvalue weighted by atomic mass is 9.62. The fraction of sp³-hybridized carbons (Fsp3) is 0.364. The first kappa shape index (κ1) is 29.1. The number of benzene rings is 3. The van der Waals surface area contributed by atoms with Gasteiger partial charge < -0.3 is 23.5 Å². The van der Waals surface area contributed by atoms with Crippen molar-refractivity contribution in [1.29, 1.82) is 0 Å². The molecule has 0 aliphatic heterocycles. The van der Waals surface area contributed by atoms with Crippen molar-refractivity contribution in [3.63, 3.8) is 0 Å². The first-order valence-corrected chi connectivity index (χ1v) is 15.1. The van der Waals surface area contributed by atoms with E-state index in [1.807, 2.05) is 30.3 Å². The second kappa shape index (κ2) is 13.0. The Labute approximate surface area is 251 Å². The zero-order chi connectivity index (χ0) is 28.8. The number of nitrogens with zero attached hydrogens (tertiary/aromatic N) is 2. The van der Waals surface area contributed by atoms with E-state index in [2.05, 4.69) is 40.3 Å². The van der Waals surface area contributed by atoms with Crippen molar-refractivity contribution in [2.45, 2.75) is 44.1 Å². The van der Waals surface area contributed by atoms with Crippen LogP contribution in [-0.2, 0) is 24.8 Å². The summed E-state index contributed by atoms with van der Waals surface area (Å²) in [6.07, 6.45) is 5.11. The van der Waals surface area contributed by atoms with Crippen molar-refractivity contribution in [3.8, 4) is 23.0 Å². The summed E-state index contributed by atoms with van der Waals surface area (Å²) in [5.74, 6) is 2.96. The summed E-state index contributed by atoms with van der Waals surface area (Å²) in [5, 5.41) is 3.08. The van der Waals surface area contributed by atoms with E-state index in [1.165, 1.54) is 23.2 Å². The highest BCUT2D eigenvalue weighted by molar-refractivity contribution is 7.07. The Morgan fingerprint density at radius 3 is 1.90 bits per heavy atom. The smallest absolute Gasteiger partial charge is 0.184 e. The lowest BCUT2D eigenvalue weighted by molar-refractivity contribution is 0.282. The van der Waals surface area contributed by atoms with E-state index in [9.17, 15) is 0 Å². The standard InChI is InChI=1S/C33H37ClN2O4S/c1-37-27-12-6-23(20-29(27)39-3)14-18-35-32-36(19-15-24-7-13-28(38-2)30(21-24)40-4)31(22-41-32)33(16-5-17-33)25-8-10-26(34)11-9-25/h6-13,20-22H,5,14-19H2,1-4H3/b35-32+. The average molecular weight is 593 g/mol. The summed E-state index contributed by atoms with van der Waals surface area (Å²) in [6, 6.07) is 20.6. The van der Waals surface area contributed by atoms with Crippen molar-refractivity contribution in [1.82, 2.24) is 4.57 Å². The molecule has 0 radical (unpaired) electrons. The van der Waals surface area contributed by atoms with Crippen molar-refractivity contribution in [3.05, 3.63) is 98.3 Å². The normalized spacial score (nSPS) is 14.4. The lowest BCUT2D eigenvalue weighted by Crippen LogP contribution is -2.39. The molecule has 4 aromatic rings. The third kappa shape index (κ3) is 6.11. The first-order chi connectivity index (χ1) is 20.0. The predicted octanol–water partition coefficient (Wildman–Crippen LogP) is 7.09. The Morgan fingerprint density at radius 2 is 1.37 bits per heavy atom. The zero-order valence-electron chi connectivity index (χ0n) is 24.1. The fourth-order valence-electron chi connectivity index (χ4n) is 5.63. The molecule has 1 aromatic heterocycles. The molecule has 6 nitrogen and oxygen atoms in total. The van der Waals surface area contributed by atoms with Crippen LogP contribution in [0.25, 0.3) is 0 Å². The molecule has 5 rings (SSSR count). The molecule has 1 saturated carbocycles. The van der Waals surface area contributed by atoms with Crippen LogP contribution in [0.5, 0.6) is 23.0 Å². The van der Waals surface area contributed by atoms with Gasteiger partial charge >= 0.3 is 0 Å². The Bertz CT molecular complexity index is 1540. The van der Waals surface area contributed by atoms with Gasteiger partial charge in [-0.05, 0) is 78.8 Å². The third-order valence-corrected chi connectivity index (χ3v) is 9.21. The van der Waals surface area contributed by atoms with Gasteiger partial charge in [0.25, 0.3) is 0 Å². The van der Waals surface area contributed by atoms with Gasteiger partial charge in [0, 0.05) is 34.6 Å². The molecule has 1 aliphatic carbocycles. The quantitative estimate of drug-likeness (QED) is 0.176. The number of methoxy groups -OCH3 is 4. The van der Waals surface area contributed by atoms with Crippen LogP contribution in [0.2, 0.25) is 5.02 Å². The minimum absolute atomic E-state index is 0.0180. The summed E-state index contributed by atoms with van der Waals surface area (Å²) in [4.78, 5) is 6.16. The van der Waals surface area contributed by atoms with Gasteiger partial charge in [-0.15, -0.1) is 11.3 Å². The van der Waals surface area contributed by atoms with E-state index in [1.54, 1.807) is 39.8 Å². The summed E-state index contributed by atoms with van der Waals surface area (Å²) in [7, 11) is 6.66. The maximum atomic E-state index is 6.26. The second-order valence-corrected chi connectivity index (χ2v) is 11.5. The molecule has 216 valence electrons. The van der Waals surface area contributed by atoms with Crippen molar-refractivity contribution in [2.75, 3.05) is 35.0 Å². The summed E-state index contributed by atoms with van der Waals surface area (Å²) in [5.41, 5.74) is 4.99. The van der Waals surface area contributed by atoms with E-state index in [-0.39, 0.29) is 5.41 Å². The number of aryl methyl sites for hydroxylation is 1. The molecule has 1 heterocycles. The number of rotatable bonds is 12. The van der Waals surface area contributed by atoms with Gasteiger partial charge in [0.2, 0.25) is 0 Å². The van der Waals surface area contributed by atoms with Crippen LogP contribution in [0, 0.1) is 0 Å². The van der Waals surface area contributed by atoms with E-state index in [0.717, 1.165) is 70.6 Å². The second-order valence-electron chi connectivity index (χ2n) is 10.3. The molecule has 0 unspecified atom stereocenters. The Kier molecular flexibility index (Phi) is 9.25. The molecule has 0 spiro atoms. The molecule has 1 fully saturated rings. The van der Waals surface area contributed by atoms with Crippen molar-refractivity contribution < 1.29 is 18.9 Å². The summed E-state index contributed by atoms with van der Waals surface area (Å²) < 4.78 is 24.3. The summed E-state index contributed by atoms with van der Waals surface area (Å²) in [6.45, 7) is 1.50. The van der Waals surface area contributed by atoms with E-state index >= 15 is 0 Å². The maximum absolute atomic E-state index is 6.26. The zero-order valence-corrected chi connectivity index (χ0v) is 25.7. The average Bonchev–Trinajstić information content (AvgIpc) is 3.38. The largest absolute Gasteiger partial charge is 0.493 e. The van der Waals surface area contributed by atoms with Gasteiger partial charge in [0.1, 0.15) is 0 Å². The molecule has 0 atom stereocenters. The fourth-order valence-corrected chi connectivity index (χ4v) is 6.81. The number of halogens is 1. The number of hydrogen-bond donors (Lipinski definition) is 0. The van der Waals surface area contributed by atoms with E-state index in [0.29, 0.717) is 6.54 Å². The SMILES string of the molecule is COc1ccc(CC/N=c2/scc(C3(c4ccc(Cl)cc4)CCC3)n2CCc2ccc(OC)c(OC)c2)cc1OC. The van der Waals surface area contributed by atoms with Crippen LogP contribution in [0.1, 0.15) is 41.6 Å². The Morgan fingerprint density at radius 1 is 0.780 bits per heavy atom. The molecule has 0 saturated heterocycles. The Balaban J connectivity index is 1.47. The van der Waals surface area contributed by atoms with Gasteiger partial charge in [0.15, 0.2) is 27.8 Å². The highest BCUT2D eigenvalue weighted by Gasteiger charge is 2.42. The highest BCUT2D eigenvalue weighted by atomic mass is 35.5. The minimum atomic E-state index is -0.0180. The number of thiazole rings is 1. The first-order valence-electron chi connectivity index (χ1n) is 13.9. The van der Waals surface area contributed by atoms with Crippen LogP contribution < -0.4 is 23.7 Å². The molecule has 0 bridgehead atoms. The van der Waals surface area contributed by atoms with E-state index < -0.39 is 0 Å². The Hall–Kier alpha value is -3.42. The molecular weight excluding hydrogens is 556 g/mol. The number of aromatic nitrogens is 1. The molecular formula is C33H37ClN2O4S. The molecule has 0 N–H and O–H groups in total. The van der Waals surface area contributed by atoms with Gasteiger partial charge in [-0.3, -0.25) is 4.99 Å². The van der Waals surface area contributed by atoms with Gasteiger partial charge in [-0.2, -0.15) is 0 Å². The van der Waals surface area contributed by atoms with Crippen LogP contribution >= 0.6 is 22.9 Å². The van der Waals surface area contributed by atoms with Gasteiger partial charge in [0.05, 0.1) is 28.4 Å². The highest BCUT2D eigenvalue weighted by Crippen LogP contribution is 2.49. The topological polar surface area (TPSA) is 54.2 Å². The third-order valence-electron chi connectivity index (χ3n) is 8.06. The van der Waals surface area contributed by atoms with Crippen LogP contribution in [0.15, 0.2) is 71.0 Å². The van der Waals surface area contributed by atoms with Gasteiger partial charge in [-0.25, -0.2) is 0 Å². The maximum Gasteiger partial charge on any atom is 0.184 e. The monoisotopic (exact) mass is 592 g/mol. The summed E-state index contributed by atoms with van der Waals surface area (Å²) >= 11 is 7.99. The molecule has 3 aromatic carbocycles. The predicted molar refractivity (Wildman–Crippen MR) is 165 cm³/mol. The number of ether oxygens (including phenoxy) is 4. The van der Waals surface area contributed by atoms with Crippen molar-refractivity contribution in [2.24, 2.45) is 4.99 Å².